The van der Waals surface area contributed by atoms with E-state index in [1.807, 2.05) is 20.8 Å². The Balaban J connectivity index is 1.09. The van der Waals surface area contributed by atoms with Crippen molar-refractivity contribution in [3.8, 4) is 0 Å². The third-order valence-corrected chi connectivity index (χ3v) is 13.8. The van der Waals surface area contributed by atoms with Gasteiger partial charge in [0, 0.05) is 30.6 Å². The molecule has 0 spiro atoms. The number of carbonyl (C=O) groups excluding carboxylic acids is 5. The topological polar surface area (TPSA) is 160 Å². The first-order valence-corrected chi connectivity index (χ1v) is 19.8. The maximum absolute atomic E-state index is 15.1. The summed E-state index contributed by atoms with van der Waals surface area (Å²) in [6.07, 6.45) is 12.3. The average molecular weight is 719 g/mol. The molecule has 13 heteroatoms. The lowest BCUT2D eigenvalue weighted by Crippen LogP contribution is -2.64. The van der Waals surface area contributed by atoms with Gasteiger partial charge in [0.2, 0.25) is 23.5 Å². The van der Waals surface area contributed by atoms with Crippen LogP contribution in [-0.2, 0) is 19.1 Å². The van der Waals surface area contributed by atoms with Crippen molar-refractivity contribution in [3.05, 3.63) is 23.5 Å². The summed E-state index contributed by atoms with van der Waals surface area (Å²) in [7, 11) is 0. The van der Waals surface area contributed by atoms with E-state index in [-0.39, 0.29) is 52.2 Å². The van der Waals surface area contributed by atoms with Gasteiger partial charge in [0.25, 0.3) is 0 Å². The second-order valence-corrected chi connectivity index (χ2v) is 18.5. The fraction of sp³-hybridized carbons (Fsp3) is 0.711. The number of aromatic nitrogens is 2. The third-order valence-electron chi connectivity index (χ3n) is 12.8. The van der Waals surface area contributed by atoms with Crippen LogP contribution < -0.4 is 16.0 Å². The lowest BCUT2D eigenvalue weighted by Gasteiger charge is -2.59. The van der Waals surface area contributed by atoms with E-state index < -0.39 is 35.7 Å². The Labute approximate surface area is 302 Å². The quantitative estimate of drug-likeness (QED) is 0.317. The minimum absolute atomic E-state index is 0.0495. The van der Waals surface area contributed by atoms with E-state index in [0.717, 1.165) is 43.2 Å². The van der Waals surface area contributed by atoms with Crippen LogP contribution in [0, 0.1) is 40.9 Å². The molecule has 12 nitrogen and oxygen atoms in total. The Kier molecular flexibility index (Phi) is 8.86. The van der Waals surface area contributed by atoms with E-state index in [2.05, 4.69) is 25.9 Å². The van der Waals surface area contributed by atoms with Crippen molar-refractivity contribution < 1.29 is 28.7 Å². The molecule has 0 unspecified atom stereocenters. The van der Waals surface area contributed by atoms with Crippen LogP contribution in [0.25, 0.3) is 10.2 Å². The van der Waals surface area contributed by atoms with E-state index in [1.54, 1.807) is 23.4 Å². The molecule has 4 amide bonds. The number of pyridine rings is 1. The normalized spacial score (nSPS) is 33.5. The first-order valence-electron chi connectivity index (χ1n) is 19.0. The van der Waals surface area contributed by atoms with Gasteiger partial charge in [0.1, 0.15) is 23.2 Å². The van der Waals surface area contributed by atoms with Gasteiger partial charge in [-0.05, 0) is 121 Å². The zero-order valence-corrected chi connectivity index (χ0v) is 30.6. The molecule has 0 aromatic carbocycles. The van der Waals surface area contributed by atoms with Crippen LogP contribution in [0.1, 0.15) is 101 Å². The molecular weight excluding hydrogens is 669 g/mol. The van der Waals surface area contributed by atoms with Crippen LogP contribution >= 0.6 is 11.3 Å². The van der Waals surface area contributed by atoms with E-state index in [9.17, 15) is 19.2 Å². The molecule has 5 aliphatic carbocycles. The first-order chi connectivity index (χ1) is 24.4. The molecule has 2 aliphatic heterocycles. The second-order valence-electron chi connectivity index (χ2n) is 17.4. The predicted octanol–water partition coefficient (Wildman–Crippen LogP) is 4.62. The molecule has 3 N–H and O–H groups in total. The van der Waals surface area contributed by atoms with E-state index in [4.69, 9.17) is 4.74 Å². The average Bonchev–Trinajstić information content (AvgIpc) is 3.85. The van der Waals surface area contributed by atoms with Crippen LogP contribution in [0.3, 0.4) is 0 Å². The Bertz CT molecular complexity index is 1670. The lowest BCUT2D eigenvalue weighted by atomic mass is 9.47. The van der Waals surface area contributed by atoms with Crippen molar-refractivity contribution in [1.29, 1.82) is 0 Å². The molecule has 51 heavy (non-hydrogen) atoms. The summed E-state index contributed by atoms with van der Waals surface area (Å²) in [5, 5.41) is 9.26. The number of thiazole rings is 1. The van der Waals surface area contributed by atoms with Gasteiger partial charge < -0.3 is 25.6 Å². The number of amides is 4. The summed E-state index contributed by atoms with van der Waals surface area (Å²) >= 11 is 1.24. The van der Waals surface area contributed by atoms with Crippen LogP contribution in [0.5, 0.6) is 0 Å². The molecular formula is C38H50N6O6S. The number of fused-ring (bicyclic) bond motifs is 2. The van der Waals surface area contributed by atoms with Gasteiger partial charge in [-0.3, -0.25) is 24.2 Å². The number of ether oxygens (including phenoxy) is 1. The number of likely N-dealkylation sites (tertiary alicyclic amines) is 1. The van der Waals surface area contributed by atoms with Gasteiger partial charge in [0.05, 0.1) is 16.9 Å². The number of carbonyl (C=O) groups is 5. The summed E-state index contributed by atoms with van der Waals surface area (Å²) in [6, 6.07) is -0.772. The maximum Gasteiger partial charge on any atom is 0.408 e. The summed E-state index contributed by atoms with van der Waals surface area (Å²) in [6.45, 7) is 6.40. The van der Waals surface area contributed by atoms with Gasteiger partial charge in [0.15, 0.2) is 5.01 Å². The van der Waals surface area contributed by atoms with Gasteiger partial charge in [-0.2, -0.15) is 0 Å². The van der Waals surface area contributed by atoms with Gasteiger partial charge >= 0.3 is 6.09 Å². The molecule has 5 saturated carbocycles. The van der Waals surface area contributed by atoms with Crippen molar-refractivity contribution in [2.24, 2.45) is 40.9 Å². The van der Waals surface area contributed by atoms with Crippen molar-refractivity contribution in [1.82, 2.24) is 30.8 Å². The van der Waals surface area contributed by atoms with Crippen molar-refractivity contribution in [2.75, 3.05) is 13.1 Å². The number of rotatable bonds is 9. The molecule has 2 aromatic heterocycles. The Morgan fingerprint density at radius 1 is 1.06 bits per heavy atom. The van der Waals surface area contributed by atoms with Crippen molar-refractivity contribution in [2.45, 2.75) is 115 Å². The van der Waals surface area contributed by atoms with Crippen LogP contribution in [0.15, 0.2) is 18.5 Å². The fourth-order valence-corrected chi connectivity index (χ4v) is 12.1. The number of hydrogen-bond donors (Lipinski definition) is 3. The summed E-state index contributed by atoms with van der Waals surface area (Å²) < 4.78 is 6.54. The third kappa shape index (κ3) is 6.63. The molecule has 2 aromatic rings. The number of nitrogens with one attached hydrogen (secondary N) is 3. The van der Waals surface area contributed by atoms with E-state index in [1.165, 1.54) is 30.6 Å². The minimum atomic E-state index is -0.990. The largest absolute Gasteiger partial charge is 0.444 e. The number of hydrogen-bond acceptors (Lipinski definition) is 9. The molecule has 7 fully saturated rings. The standard InChI is InChI=1S/C38H50N6O6S/c1-37(2,3)50-36(49)43-31(38-15-20-11-21(16-38)13-22(12-20)17-38)35(48)44-19-24-5-4-6-25(24)29(44)33(47)41-26(14-23-7-10-40-32(23)46)30(45)34-42-27-18-39-9-8-28(27)51-34/h8-9,18,20-26,29,31H,4-7,10-17,19H2,1-3H3,(H,40,46)(H,41,47)(H,43,49)/t20?,21?,22?,23-,24-,25-,26-,29-,31+,38?/m0/s1. The zero-order chi connectivity index (χ0) is 35.7. The van der Waals surface area contributed by atoms with Crippen LogP contribution in [0.2, 0.25) is 0 Å². The van der Waals surface area contributed by atoms with Gasteiger partial charge in [-0.15, -0.1) is 11.3 Å². The summed E-state index contributed by atoms with van der Waals surface area (Å²) in [4.78, 5) is 80.5. The molecule has 7 aliphatic rings. The molecule has 4 heterocycles. The fourth-order valence-electron chi connectivity index (χ4n) is 11.1. The molecule has 9 rings (SSSR count). The number of alkyl carbamates (subject to hydrolysis) is 1. The van der Waals surface area contributed by atoms with Gasteiger partial charge in [-0.1, -0.05) is 6.42 Å². The molecule has 4 bridgehead atoms. The summed E-state index contributed by atoms with van der Waals surface area (Å²) in [5.74, 6) is 0.256. The smallest absolute Gasteiger partial charge is 0.408 e. The highest BCUT2D eigenvalue weighted by Crippen LogP contribution is 2.61. The van der Waals surface area contributed by atoms with Crippen LogP contribution in [0.4, 0.5) is 4.79 Å². The van der Waals surface area contributed by atoms with Crippen molar-refractivity contribution >= 4 is 51.2 Å². The highest BCUT2D eigenvalue weighted by atomic mass is 32.1. The van der Waals surface area contributed by atoms with Crippen LogP contribution in [-0.4, -0.2) is 81.3 Å². The first kappa shape index (κ1) is 34.5. The number of ketones is 1. The SMILES string of the molecule is CC(C)(C)OC(=O)N[C@H](C(=O)N1C[C@@H]2CCC[C@@H]2[C@H]1C(=O)N[C@@H](C[C@@H]1CCNC1=O)C(=O)c1nc2cnccc2s1)C12CC3CC(CC(C3)C1)C2. The van der Waals surface area contributed by atoms with E-state index >= 15 is 4.79 Å². The number of nitrogens with zero attached hydrogens (tertiary/aromatic N) is 3. The Morgan fingerprint density at radius 3 is 2.43 bits per heavy atom. The summed E-state index contributed by atoms with van der Waals surface area (Å²) in [5.41, 5.74) is -0.509. The molecule has 2 saturated heterocycles. The highest BCUT2D eigenvalue weighted by molar-refractivity contribution is 7.20. The second kappa shape index (κ2) is 13.1. The zero-order valence-electron chi connectivity index (χ0n) is 29.8. The molecule has 6 atom stereocenters. The van der Waals surface area contributed by atoms with E-state index in [0.29, 0.717) is 42.8 Å². The van der Waals surface area contributed by atoms with Gasteiger partial charge in [-0.25, -0.2) is 9.78 Å². The minimum Gasteiger partial charge on any atom is -0.444 e. The predicted molar refractivity (Wildman–Crippen MR) is 190 cm³/mol. The Hall–Kier alpha value is -3.61. The lowest BCUT2D eigenvalue weighted by molar-refractivity contribution is -0.150. The maximum atomic E-state index is 15.1. The van der Waals surface area contributed by atoms with Crippen molar-refractivity contribution in [3.63, 3.8) is 0 Å². The molecule has 274 valence electrons. The Morgan fingerprint density at radius 2 is 1.78 bits per heavy atom. The monoisotopic (exact) mass is 718 g/mol. The highest BCUT2D eigenvalue weighted by Gasteiger charge is 2.59. The molecule has 0 radical (unpaired) electrons. The number of Topliss-reactive ketones (excluding diaryl/α,β-unsaturated/α-hetero) is 1.